The third-order valence-corrected chi connectivity index (χ3v) is 5.16. The van der Waals surface area contributed by atoms with Gasteiger partial charge in [0.2, 0.25) is 0 Å². The van der Waals surface area contributed by atoms with Crippen LogP contribution in [0, 0.1) is 0 Å². The average molecular weight is 384 g/mol. The highest BCUT2D eigenvalue weighted by atomic mass is 28.3. The van der Waals surface area contributed by atoms with Crippen LogP contribution in [-0.2, 0) is 30.3 Å². The number of carbonyl (C=O) groups excluding carboxylic acids is 2. The number of hydrogen-bond acceptors (Lipinski definition) is 6. The summed E-state index contributed by atoms with van der Waals surface area (Å²) in [4.78, 5) is 23.5. The van der Waals surface area contributed by atoms with E-state index < -0.39 is 26.2 Å². The summed E-state index contributed by atoms with van der Waals surface area (Å²) in [6.45, 7) is 7.38. The number of hydrogen-bond donors (Lipinski definition) is 1. The van der Waals surface area contributed by atoms with Gasteiger partial charge in [-0.1, -0.05) is 50.0 Å². The first-order valence-electron chi connectivity index (χ1n) is 8.53. The molecule has 1 rings (SSSR count). The molecular formula is C18H29NO6Si. The number of carbonyl (C=O) groups is 2. The Hall–Kier alpha value is -1.90. The van der Waals surface area contributed by atoms with Crippen molar-refractivity contribution in [2.45, 2.75) is 38.4 Å². The fourth-order valence-electron chi connectivity index (χ4n) is 1.86. The summed E-state index contributed by atoms with van der Waals surface area (Å²) in [5, 5.41) is 2.50. The van der Waals surface area contributed by atoms with Crippen molar-refractivity contribution in [1.82, 2.24) is 5.32 Å². The Morgan fingerprint density at radius 1 is 1.15 bits per heavy atom. The molecule has 0 aromatic heterocycles. The minimum atomic E-state index is -1.18. The van der Waals surface area contributed by atoms with E-state index in [1.54, 1.807) is 0 Å². The van der Waals surface area contributed by atoms with E-state index in [4.69, 9.17) is 14.2 Å². The Morgan fingerprint density at radius 3 is 2.46 bits per heavy atom. The summed E-state index contributed by atoms with van der Waals surface area (Å²) in [6.07, 6.45) is -1.58. The second-order valence-corrected chi connectivity index (χ2v) is 12.6. The number of esters is 1. The van der Waals surface area contributed by atoms with Crippen LogP contribution in [0.5, 0.6) is 0 Å². The number of benzene rings is 1. The van der Waals surface area contributed by atoms with Gasteiger partial charge in [-0.3, -0.25) is 0 Å². The van der Waals surface area contributed by atoms with Crippen molar-refractivity contribution in [2.24, 2.45) is 0 Å². The Bertz CT molecular complexity index is 546. The van der Waals surface area contributed by atoms with Gasteiger partial charge in [0.25, 0.3) is 0 Å². The first kappa shape index (κ1) is 22.1. The van der Waals surface area contributed by atoms with Crippen LogP contribution in [0.3, 0.4) is 0 Å². The molecule has 146 valence electrons. The third-order valence-electron chi connectivity index (χ3n) is 3.46. The summed E-state index contributed by atoms with van der Waals surface area (Å²) in [6, 6.07) is 10.3. The number of alkyl carbamates (subject to hydrolysis) is 1. The number of ether oxygens (including phenoxy) is 4. The predicted molar refractivity (Wildman–Crippen MR) is 100 cm³/mol. The highest BCUT2D eigenvalue weighted by molar-refractivity contribution is 6.76. The van der Waals surface area contributed by atoms with Crippen molar-refractivity contribution in [3.8, 4) is 0 Å². The van der Waals surface area contributed by atoms with E-state index in [1.165, 1.54) is 7.11 Å². The van der Waals surface area contributed by atoms with E-state index in [1.807, 2.05) is 30.3 Å². The summed E-state index contributed by atoms with van der Waals surface area (Å²) in [5.41, 5.74) is 0.874. The normalized spacial score (nSPS) is 12.3. The molecule has 0 spiro atoms. The first-order chi connectivity index (χ1) is 12.3. The molecule has 0 aliphatic heterocycles. The summed E-state index contributed by atoms with van der Waals surface area (Å²) < 4.78 is 20.5. The van der Waals surface area contributed by atoms with Crippen LogP contribution in [0.4, 0.5) is 4.79 Å². The van der Waals surface area contributed by atoms with E-state index in [9.17, 15) is 9.59 Å². The fraction of sp³-hybridized carbons (Fsp3) is 0.556. The van der Waals surface area contributed by atoms with Gasteiger partial charge < -0.3 is 24.3 Å². The largest absolute Gasteiger partial charge is 0.467 e. The van der Waals surface area contributed by atoms with Crippen LogP contribution in [0.2, 0.25) is 25.7 Å². The Balaban J connectivity index is 2.30. The quantitative estimate of drug-likeness (QED) is 0.274. The van der Waals surface area contributed by atoms with E-state index in [0.717, 1.165) is 11.6 Å². The zero-order valence-corrected chi connectivity index (χ0v) is 16.9. The zero-order valence-electron chi connectivity index (χ0n) is 15.9. The molecule has 0 saturated heterocycles. The molecule has 0 bridgehead atoms. The molecule has 1 aromatic carbocycles. The number of methoxy groups -OCH3 is 1. The average Bonchev–Trinajstić information content (AvgIpc) is 2.61. The molecule has 0 aliphatic carbocycles. The Morgan fingerprint density at radius 2 is 1.85 bits per heavy atom. The number of rotatable bonds is 11. The smallest absolute Gasteiger partial charge is 0.407 e. The molecule has 1 atom stereocenters. The highest BCUT2D eigenvalue weighted by Crippen LogP contribution is 2.07. The van der Waals surface area contributed by atoms with Crippen molar-refractivity contribution in [3.63, 3.8) is 0 Å². The Kier molecular flexibility index (Phi) is 9.93. The minimum Gasteiger partial charge on any atom is -0.467 e. The van der Waals surface area contributed by atoms with E-state index in [-0.39, 0.29) is 19.9 Å². The molecule has 1 unspecified atom stereocenters. The van der Waals surface area contributed by atoms with Crippen molar-refractivity contribution < 1.29 is 28.5 Å². The van der Waals surface area contributed by atoms with E-state index >= 15 is 0 Å². The number of nitrogens with one attached hydrogen (secondary N) is 1. The van der Waals surface area contributed by atoms with Crippen LogP contribution in [0.25, 0.3) is 0 Å². The second-order valence-electron chi connectivity index (χ2n) is 6.96. The van der Waals surface area contributed by atoms with Gasteiger partial charge in [-0.15, -0.1) is 0 Å². The predicted octanol–water partition coefficient (Wildman–Crippen LogP) is 2.78. The molecule has 1 aromatic rings. The maximum Gasteiger partial charge on any atom is 0.407 e. The van der Waals surface area contributed by atoms with Gasteiger partial charge in [0.15, 0.2) is 6.10 Å². The van der Waals surface area contributed by atoms with Gasteiger partial charge in [0.05, 0.1) is 13.7 Å². The highest BCUT2D eigenvalue weighted by Gasteiger charge is 2.21. The van der Waals surface area contributed by atoms with Crippen LogP contribution in [-0.4, -0.2) is 53.3 Å². The second kappa shape index (κ2) is 11.7. The lowest BCUT2D eigenvalue weighted by Gasteiger charge is -2.18. The molecule has 26 heavy (non-hydrogen) atoms. The lowest BCUT2D eigenvalue weighted by atomic mass is 10.2. The first-order valence-corrected chi connectivity index (χ1v) is 12.2. The van der Waals surface area contributed by atoms with Crippen LogP contribution in [0.1, 0.15) is 5.56 Å². The molecule has 1 N–H and O–H groups in total. The van der Waals surface area contributed by atoms with Gasteiger partial charge in [-0.2, -0.15) is 0 Å². The maximum absolute atomic E-state index is 11.8. The van der Waals surface area contributed by atoms with Crippen molar-refractivity contribution in [2.75, 3.05) is 27.1 Å². The lowest BCUT2D eigenvalue weighted by molar-refractivity contribution is -0.163. The van der Waals surface area contributed by atoms with Crippen molar-refractivity contribution >= 4 is 20.1 Å². The zero-order chi connectivity index (χ0) is 19.4. The molecule has 0 fully saturated rings. The monoisotopic (exact) mass is 383 g/mol. The molecule has 0 heterocycles. The molecule has 1 amide bonds. The van der Waals surface area contributed by atoms with Crippen LogP contribution < -0.4 is 5.32 Å². The fourth-order valence-corrected chi connectivity index (χ4v) is 2.62. The lowest BCUT2D eigenvalue weighted by Crippen LogP contribution is -2.39. The standard InChI is InChI=1S/C18H29NO6Si/c1-22-17(20)16(25-14-23-10-11-26(2,3)4)12-19-18(21)24-13-15-8-6-5-7-9-15/h5-9,16H,10-14H2,1-4H3,(H,19,21). The van der Waals surface area contributed by atoms with Crippen molar-refractivity contribution in [3.05, 3.63) is 35.9 Å². The maximum atomic E-state index is 11.8. The van der Waals surface area contributed by atoms with Crippen LogP contribution >= 0.6 is 0 Å². The summed E-state index contributed by atoms with van der Waals surface area (Å²) in [5.74, 6) is -0.581. The van der Waals surface area contributed by atoms with Gasteiger partial charge >= 0.3 is 12.1 Å². The number of amides is 1. The van der Waals surface area contributed by atoms with E-state index in [0.29, 0.717) is 6.61 Å². The molecule has 7 nitrogen and oxygen atoms in total. The Labute approximate surface area is 156 Å². The van der Waals surface area contributed by atoms with Gasteiger partial charge in [-0.05, 0) is 11.6 Å². The van der Waals surface area contributed by atoms with Gasteiger partial charge in [0.1, 0.15) is 13.4 Å². The minimum absolute atomic E-state index is 0.0367. The van der Waals surface area contributed by atoms with Crippen molar-refractivity contribution in [1.29, 1.82) is 0 Å². The van der Waals surface area contributed by atoms with Crippen LogP contribution in [0.15, 0.2) is 30.3 Å². The molecule has 0 aliphatic rings. The van der Waals surface area contributed by atoms with E-state index in [2.05, 4.69) is 29.7 Å². The molecular weight excluding hydrogens is 354 g/mol. The SMILES string of the molecule is COC(=O)C(CNC(=O)OCc1ccccc1)OCOCC[Si](C)(C)C. The molecule has 8 heteroatoms. The molecule has 0 saturated carbocycles. The molecule has 0 radical (unpaired) electrons. The van der Waals surface area contributed by atoms with Gasteiger partial charge in [0, 0.05) is 14.7 Å². The van der Waals surface area contributed by atoms with Gasteiger partial charge in [-0.25, -0.2) is 9.59 Å². The summed E-state index contributed by atoms with van der Waals surface area (Å²) >= 11 is 0. The summed E-state index contributed by atoms with van der Waals surface area (Å²) in [7, 11) is 0.0862. The topological polar surface area (TPSA) is 83.1 Å². The third kappa shape index (κ3) is 10.2.